The number of hydrogen-bond donors (Lipinski definition) is 2. The van der Waals surface area contributed by atoms with Gasteiger partial charge in [0.15, 0.2) is 0 Å². The van der Waals surface area contributed by atoms with Crippen molar-refractivity contribution < 1.29 is 4.74 Å². The SMILES string of the molecule is CCc1cc(C(NC)C2CC(N)C2)ccc1OC. The lowest BCUT2D eigenvalue weighted by Gasteiger charge is -2.38. The predicted molar refractivity (Wildman–Crippen MR) is 74.9 cm³/mol. The number of rotatable bonds is 5. The summed E-state index contributed by atoms with van der Waals surface area (Å²) in [5.41, 5.74) is 8.52. The first-order valence-corrected chi connectivity index (χ1v) is 6.79. The zero-order valence-corrected chi connectivity index (χ0v) is 11.6. The van der Waals surface area contributed by atoms with Crippen molar-refractivity contribution in [1.82, 2.24) is 5.32 Å². The molecule has 1 atom stereocenters. The molecular weight excluding hydrogens is 224 g/mol. The molecule has 3 N–H and O–H groups in total. The first-order valence-electron chi connectivity index (χ1n) is 6.79. The second kappa shape index (κ2) is 5.72. The largest absolute Gasteiger partial charge is 0.496 e. The standard InChI is InChI=1S/C15H24N2O/c1-4-10-7-11(5-6-14(10)18-3)15(17-2)12-8-13(16)9-12/h5-7,12-13,15,17H,4,8-9,16H2,1-3H3. The van der Waals surface area contributed by atoms with Gasteiger partial charge in [0, 0.05) is 12.1 Å². The van der Waals surface area contributed by atoms with E-state index in [-0.39, 0.29) is 0 Å². The summed E-state index contributed by atoms with van der Waals surface area (Å²) in [5.74, 6) is 1.66. The van der Waals surface area contributed by atoms with Crippen molar-refractivity contribution in [3.63, 3.8) is 0 Å². The molecule has 1 saturated carbocycles. The van der Waals surface area contributed by atoms with Crippen molar-refractivity contribution in [2.45, 2.75) is 38.3 Å². The summed E-state index contributed by atoms with van der Waals surface area (Å²) in [5, 5.41) is 3.43. The molecule has 1 unspecified atom stereocenters. The van der Waals surface area contributed by atoms with Gasteiger partial charge in [-0.25, -0.2) is 0 Å². The van der Waals surface area contributed by atoms with Crippen molar-refractivity contribution in [1.29, 1.82) is 0 Å². The van der Waals surface area contributed by atoms with Gasteiger partial charge in [0.05, 0.1) is 7.11 Å². The maximum atomic E-state index is 5.89. The van der Waals surface area contributed by atoms with Crippen LogP contribution in [-0.4, -0.2) is 20.2 Å². The Bertz CT molecular complexity index is 399. The fourth-order valence-corrected chi connectivity index (χ4v) is 2.92. The van der Waals surface area contributed by atoms with E-state index in [9.17, 15) is 0 Å². The number of methoxy groups -OCH3 is 1. The van der Waals surface area contributed by atoms with Crippen LogP contribution in [0.2, 0.25) is 0 Å². The van der Waals surface area contributed by atoms with Crippen LogP contribution >= 0.6 is 0 Å². The number of hydrogen-bond acceptors (Lipinski definition) is 3. The highest BCUT2D eigenvalue weighted by molar-refractivity contribution is 5.38. The molecule has 0 aromatic heterocycles. The Balaban J connectivity index is 2.20. The van der Waals surface area contributed by atoms with Gasteiger partial charge in [0.25, 0.3) is 0 Å². The van der Waals surface area contributed by atoms with Gasteiger partial charge in [-0.15, -0.1) is 0 Å². The van der Waals surface area contributed by atoms with Crippen LogP contribution in [0.1, 0.15) is 36.9 Å². The van der Waals surface area contributed by atoms with Gasteiger partial charge in [0.2, 0.25) is 0 Å². The Morgan fingerprint density at radius 2 is 2.17 bits per heavy atom. The van der Waals surface area contributed by atoms with Gasteiger partial charge in [-0.3, -0.25) is 0 Å². The summed E-state index contributed by atoms with van der Waals surface area (Å²) in [7, 11) is 3.76. The normalized spacial score (nSPS) is 24.4. The van der Waals surface area contributed by atoms with E-state index in [2.05, 4.69) is 30.4 Å². The Labute approximate surface area is 110 Å². The quantitative estimate of drug-likeness (QED) is 0.840. The molecule has 0 saturated heterocycles. The molecule has 0 radical (unpaired) electrons. The minimum Gasteiger partial charge on any atom is -0.496 e. The highest BCUT2D eigenvalue weighted by Gasteiger charge is 2.33. The van der Waals surface area contributed by atoms with Crippen LogP contribution in [-0.2, 0) is 6.42 Å². The average Bonchev–Trinajstić information content (AvgIpc) is 2.37. The van der Waals surface area contributed by atoms with E-state index in [0.717, 1.165) is 25.0 Å². The van der Waals surface area contributed by atoms with Gasteiger partial charge in [0.1, 0.15) is 5.75 Å². The molecule has 1 fully saturated rings. The highest BCUT2D eigenvalue weighted by atomic mass is 16.5. The monoisotopic (exact) mass is 248 g/mol. The summed E-state index contributed by atoms with van der Waals surface area (Å²) in [6.07, 6.45) is 3.25. The number of nitrogens with one attached hydrogen (secondary N) is 1. The van der Waals surface area contributed by atoms with E-state index in [0.29, 0.717) is 18.0 Å². The minimum atomic E-state index is 0.398. The molecule has 0 spiro atoms. The van der Waals surface area contributed by atoms with Gasteiger partial charge < -0.3 is 15.8 Å². The first-order chi connectivity index (χ1) is 8.69. The summed E-state index contributed by atoms with van der Waals surface area (Å²) >= 11 is 0. The van der Waals surface area contributed by atoms with Crippen molar-refractivity contribution in [3.8, 4) is 5.75 Å². The Morgan fingerprint density at radius 1 is 1.44 bits per heavy atom. The number of aryl methyl sites for hydroxylation is 1. The third-order valence-corrected chi connectivity index (χ3v) is 4.04. The summed E-state index contributed by atoms with van der Waals surface area (Å²) < 4.78 is 5.38. The van der Waals surface area contributed by atoms with Gasteiger partial charge in [-0.2, -0.15) is 0 Å². The molecular formula is C15H24N2O. The molecule has 0 aliphatic heterocycles. The van der Waals surface area contributed by atoms with E-state index in [1.165, 1.54) is 11.1 Å². The molecule has 18 heavy (non-hydrogen) atoms. The average molecular weight is 248 g/mol. The van der Waals surface area contributed by atoms with E-state index < -0.39 is 0 Å². The predicted octanol–water partition coefficient (Wildman–Crippen LogP) is 2.26. The second-order valence-corrected chi connectivity index (χ2v) is 5.18. The summed E-state index contributed by atoms with van der Waals surface area (Å²) in [4.78, 5) is 0. The molecule has 1 aliphatic rings. The zero-order valence-electron chi connectivity index (χ0n) is 11.6. The van der Waals surface area contributed by atoms with Crippen molar-refractivity contribution in [2.24, 2.45) is 11.7 Å². The molecule has 0 bridgehead atoms. The summed E-state index contributed by atoms with van der Waals surface area (Å²) in [6.45, 7) is 2.16. The highest BCUT2D eigenvalue weighted by Crippen LogP contribution is 2.38. The van der Waals surface area contributed by atoms with E-state index in [1.807, 2.05) is 7.05 Å². The lowest BCUT2D eigenvalue weighted by atomic mass is 9.74. The van der Waals surface area contributed by atoms with Crippen LogP contribution in [0.15, 0.2) is 18.2 Å². The molecule has 3 heteroatoms. The smallest absolute Gasteiger partial charge is 0.122 e. The Morgan fingerprint density at radius 3 is 2.67 bits per heavy atom. The maximum Gasteiger partial charge on any atom is 0.122 e. The third kappa shape index (κ3) is 2.52. The zero-order chi connectivity index (χ0) is 13.1. The molecule has 1 aliphatic carbocycles. The number of ether oxygens (including phenoxy) is 1. The molecule has 1 aromatic rings. The van der Waals surface area contributed by atoms with Crippen molar-refractivity contribution in [2.75, 3.05) is 14.2 Å². The molecule has 2 rings (SSSR count). The van der Waals surface area contributed by atoms with E-state index in [4.69, 9.17) is 10.5 Å². The van der Waals surface area contributed by atoms with Crippen LogP contribution in [0.5, 0.6) is 5.75 Å². The van der Waals surface area contributed by atoms with E-state index in [1.54, 1.807) is 7.11 Å². The van der Waals surface area contributed by atoms with Crippen LogP contribution in [0.25, 0.3) is 0 Å². The minimum absolute atomic E-state index is 0.398. The van der Waals surface area contributed by atoms with Crippen LogP contribution in [0.4, 0.5) is 0 Å². The molecule has 0 amide bonds. The fourth-order valence-electron chi connectivity index (χ4n) is 2.92. The number of nitrogens with two attached hydrogens (primary N) is 1. The van der Waals surface area contributed by atoms with E-state index >= 15 is 0 Å². The van der Waals surface area contributed by atoms with Gasteiger partial charge >= 0.3 is 0 Å². The second-order valence-electron chi connectivity index (χ2n) is 5.18. The Kier molecular flexibility index (Phi) is 4.25. The van der Waals surface area contributed by atoms with Gasteiger partial charge in [-0.1, -0.05) is 19.1 Å². The molecule has 3 nitrogen and oxygen atoms in total. The van der Waals surface area contributed by atoms with Crippen molar-refractivity contribution >= 4 is 0 Å². The third-order valence-electron chi connectivity index (χ3n) is 4.04. The lowest BCUT2D eigenvalue weighted by Crippen LogP contribution is -2.42. The number of benzene rings is 1. The fraction of sp³-hybridized carbons (Fsp3) is 0.600. The van der Waals surface area contributed by atoms with Crippen LogP contribution in [0.3, 0.4) is 0 Å². The molecule has 0 heterocycles. The first kappa shape index (κ1) is 13.4. The topological polar surface area (TPSA) is 47.3 Å². The molecule has 1 aromatic carbocycles. The van der Waals surface area contributed by atoms with Crippen molar-refractivity contribution in [3.05, 3.63) is 29.3 Å². The van der Waals surface area contributed by atoms with Crippen LogP contribution < -0.4 is 15.8 Å². The van der Waals surface area contributed by atoms with Gasteiger partial charge in [-0.05, 0) is 49.4 Å². The Hall–Kier alpha value is -1.06. The summed E-state index contributed by atoms with van der Waals surface area (Å²) in [6, 6.07) is 7.33. The molecule has 100 valence electrons. The maximum absolute atomic E-state index is 5.89. The van der Waals surface area contributed by atoms with Crippen LogP contribution in [0, 0.1) is 5.92 Å². The lowest BCUT2D eigenvalue weighted by molar-refractivity contribution is 0.204.